The van der Waals surface area contributed by atoms with E-state index in [4.69, 9.17) is 11.6 Å². The highest BCUT2D eigenvalue weighted by atomic mass is 35.5. The first-order valence-corrected chi connectivity index (χ1v) is 5.09. The van der Waals surface area contributed by atoms with Crippen LogP contribution in [0.15, 0.2) is 0 Å². The SMILES string of the molecule is CC1(CCl)COP(=O)(F)OC1. The predicted octanol–water partition coefficient (Wildman–Crippen LogP) is 2.36. The van der Waals surface area contributed by atoms with Crippen molar-refractivity contribution in [3.05, 3.63) is 0 Å². The lowest BCUT2D eigenvalue weighted by Gasteiger charge is -2.31. The molecule has 1 aliphatic rings. The summed E-state index contributed by atoms with van der Waals surface area (Å²) in [6.07, 6.45) is 0. The summed E-state index contributed by atoms with van der Waals surface area (Å²) in [7, 11) is -4.24. The van der Waals surface area contributed by atoms with Gasteiger partial charge in [0.15, 0.2) is 0 Å². The molecule has 11 heavy (non-hydrogen) atoms. The van der Waals surface area contributed by atoms with E-state index in [0.29, 0.717) is 5.88 Å². The lowest BCUT2D eigenvalue weighted by molar-refractivity contribution is 0.0285. The Hall–Kier alpha value is 0.370. The maximum atomic E-state index is 12.4. The van der Waals surface area contributed by atoms with Crippen LogP contribution in [0.25, 0.3) is 0 Å². The van der Waals surface area contributed by atoms with E-state index in [-0.39, 0.29) is 13.2 Å². The zero-order chi connectivity index (χ0) is 8.54. The molecule has 66 valence electrons. The molecule has 6 heteroatoms. The van der Waals surface area contributed by atoms with Crippen molar-refractivity contribution in [1.82, 2.24) is 0 Å². The molecule has 0 bridgehead atoms. The maximum absolute atomic E-state index is 12.4. The van der Waals surface area contributed by atoms with E-state index in [0.717, 1.165) is 0 Å². The number of alkyl halides is 1. The van der Waals surface area contributed by atoms with Gasteiger partial charge >= 0.3 is 7.91 Å². The quantitative estimate of drug-likeness (QED) is 0.484. The van der Waals surface area contributed by atoms with Gasteiger partial charge < -0.3 is 0 Å². The Morgan fingerprint density at radius 1 is 1.64 bits per heavy atom. The van der Waals surface area contributed by atoms with Crippen molar-refractivity contribution in [1.29, 1.82) is 0 Å². The molecule has 0 aliphatic carbocycles. The normalized spacial score (nSPS) is 45.7. The fourth-order valence-electron chi connectivity index (χ4n) is 0.622. The van der Waals surface area contributed by atoms with Gasteiger partial charge in [-0.25, -0.2) is 4.57 Å². The van der Waals surface area contributed by atoms with E-state index >= 15 is 0 Å². The number of rotatable bonds is 1. The summed E-state index contributed by atoms with van der Waals surface area (Å²) in [6, 6.07) is 0. The molecular formula is C5H9ClFO3P. The summed E-state index contributed by atoms with van der Waals surface area (Å²) < 4.78 is 31.6. The van der Waals surface area contributed by atoms with Crippen LogP contribution in [0.2, 0.25) is 0 Å². The fourth-order valence-corrected chi connectivity index (χ4v) is 1.78. The molecule has 0 aromatic carbocycles. The minimum Gasteiger partial charge on any atom is -0.283 e. The first-order chi connectivity index (χ1) is 4.97. The highest BCUT2D eigenvalue weighted by Gasteiger charge is 2.39. The van der Waals surface area contributed by atoms with Crippen LogP contribution in [-0.4, -0.2) is 19.1 Å². The maximum Gasteiger partial charge on any atom is 0.513 e. The molecule has 0 aromatic rings. The van der Waals surface area contributed by atoms with Crippen molar-refractivity contribution in [2.75, 3.05) is 19.1 Å². The number of halogens is 2. The van der Waals surface area contributed by atoms with Gasteiger partial charge in [0, 0.05) is 11.3 Å². The zero-order valence-electron chi connectivity index (χ0n) is 6.05. The van der Waals surface area contributed by atoms with Crippen LogP contribution in [0.1, 0.15) is 6.92 Å². The molecule has 0 unspecified atom stereocenters. The smallest absolute Gasteiger partial charge is 0.283 e. The summed E-state index contributed by atoms with van der Waals surface area (Å²) in [5.41, 5.74) is -0.415. The van der Waals surface area contributed by atoms with Gasteiger partial charge in [0.2, 0.25) is 0 Å². The van der Waals surface area contributed by atoms with E-state index in [1.807, 2.05) is 0 Å². The highest BCUT2D eigenvalue weighted by molar-refractivity contribution is 7.48. The van der Waals surface area contributed by atoms with Crippen molar-refractivity contribution >= 4 is 19.5 Å². The van der Waals surface area contributed by atoms with Crippen molar-refractivity contribution in [3.8, 4) is 0 Å². The van der Waals surface area contributed by atoms with E-state index < -0.39 is 13.3 Å². The summed E-state index contributed by atoms with van der Waals surface area (Å²) in [5.74, 6) is 0.299. The van der Waals surface area contributed by atoms with Crippen LogP contribution in [0.3, 0.4) is 0 Å². The molecule has 0 saturated carbocycles. The molecule has 0 amide bonds. The first kappa shape index (κ1) is 9.46. The van der Waals surface area contributed by atoms with E-state index in [9.17, 15) is 8.76 Å². The van der Waals surface area contributed by atoms with E-state index in [2.05, 4.69) is 9.05 Å². The third-order valence-corrected chi connectivity index (χ3v) is 2.98. The third-order valence-electron chi connectivity index (χ3n) is 1.46. The summed E-state index contributed by atoms with van der Waals surface area (Å²) in [5, 5.41) is 0. The molecule has 0 radical (unpaired) electrons. The Balaban J connectivity index is 2.54. The van der Waals surface area contributed by atoms with Gasteiger partial charge in [-0.2, -0.15) is 0 Å². The minimum atomic E-state index is -4.24. The molecule has 0 aromatic heterocycles. The van der Waals surface area contributed by atoms with Gasteiger partial charge in [-0.1, -0.05) is 6.92 Å². The molecule has 0 spiro atoms. The van der Waals surface area contributed by atoms with Gasteiger partial charge in [0.1, 0.15) is 0 Å². The topological polar surface area (TPSA) is 35.5 Å². The van der Waals surface area contributed by atoms with Gasteiger partial charge in [-0.05, 0) is 0 Å². The van der Waals surface area contributed by atoms with Crippen LogP contribution in [0.4, 0.5) is 4.20 Å². The van der Waals surface area contributed by atoms with Crippen molar-refractivity contribution in [3.63, 3.8) is 0 Å². The Labute approximate surface area is 69.5 Å². The molecular weight excluding hydrogens is 193 g/mol. The first-order valence-electron chi connectivity index (χ1n) is 3.12. The van der Waals surface area contributed by atoms with E-state index in [1.54, 1.807) is 6.92 Å². The average Bonchev–Trinajstić information content (AvgIpc) is 1.97. The monoisotopic (exact) mass is 202 g/mol. The second kappa shape index (κ2) is 3.02. The van der Waals surface area contributed by atoms with Crippen LogP contribution < -0.4 is 0 Å². The Morgan fingerprint density at radius 2 is 2.09 bits per heavy atom. The minimum absolute atomic E-state index is 0.0459. The van der Waals surface area contributed by atoms with E-state index in [1.165, 1.54) is 0 Å². The highest BCUT2D eigenvalue weighted by Crippen LogP contribution is 2.55. The molecule has 3 nitrogen and oxygen atoms in total. The third kappa shape index (κ3) is 2.41. The van der Waals surface area contributed by atoms with Crippen molar-refractivity contribution in [2.24, 2.45) is 5.41 Å². The Bertz CT molecular complexity index is 186. The standard InChI is InChI=1S/C5H9ClFO3P/c1-5(2-6)3-9-11(7,8)10-4-5/h2-4H2,1H3. The molecule has 1 heterocycles. The number of hydrogen-bond acceptors (Lipinski definition) is 3. The summed E-state index contributed by atoms with van der Waals surface area (Å²) in [6.45, 7) is 1.87. The Kier molecular flexibility index (Phi) is 2.59. The molecule has 1 aliphatic heterocycles. The van der Waals surface area contributed by atoms with Crippen molar-refractivity contribution in [2.45, 2.75) is 6.92 Å². The van der Waals surface area contributed by atoms with Crippen LogP contribution in [0.5, 0.6) is 0 Å². The molecule has 1 rings (SSSR count). The van der Waals surface area contributed by atoms with Gasteiger partial charge in [0.05, 0.1) is 13.2 Å². The lowest BCUT2D eigenvalue weighted by atomic mass is 9.96. The van der Waals surface area contributed by atoms with Crippen molar-refractivity contribution < 1.29 is 17.8 Å². The lowest BCUT2D eigenvalue weighted by Crippen LogP contribution is -2.33. The molecule has 1 fully saturated rings. The van der Waals surface area contributed by atoms with Crippen LogP contribution in [-0.2, 0) is 13.6 Å². The largest absolute Gasteiger partial charge is 0.513 e. The molecule has 0 atom stereocenters. The second-order valence-corrected chi connectivity index (χ2v) is 4.57. The molecule has 1 saturated heterocycles. The number of hydrogen-bond donors (Lipinski definition) is 0. The van der Waals surface area contributed by atoms with Gasteiger partial charge in [0.25, 0.3) is 0 Å². The predicted molar refractivity (Wildman–Crippen MR) is 39.4 cm³/mol. The van der Waals surface area contributed by atoms with Gasteiger partial charge in [-0.15, -0.1) is 15.8 Å². The summed E-state index contributed by atoms with van der Waals surface area (Å²) in [4.78, 5) is 0. The van der Waals surface area contributed by atoms with Gasteiger partial charge in [-0.3, -0.25) is 9.05 Å². The average molecular weight is 203 g/mol. The molecule has 0 N–H and O–H groups in total. The van der Waals surface area contributed by atoms with Crippen LogP contribution in [0, 0.1) is 5.41 Å². The fraction of sp³-hybridized carbons (Fsp3) is 1.00. The zero-order valence-corrected chi connectivity index (χ0v) is 7.70. The second-order valence-electron chi connectivity index (χ2n) is 2.92. The summed E-state index contributed by atoms with van der Waals surface area (Å²) >= 11 is 5.54. The van der Waals surface area contributed by atoms with Crippen LogP contribution >= 0.6 is 19.5 Å². The Morgan fingerprint density at radius 3 is 2.45 bits per heavy atom.